The van der Waals surface area contributed by atoms with Gasteiger partial charge >= 0.3 is 0 Å². The van der Waals surface area contributed by atoms with Crippen LogP contribution in [0.25, 0.3) is 22.8 Å². The van der Waals surface area contributed by atoms with Crippen LogP contribution in [0.5, 0.6) is 0 Å². The van der Waals surface area contributed by atoms with Crippen LogP contribution >= 0.6 is 11.8 Å². The fraction of sp³-hybridized carbons (Fsp3) is 0.200. The normalized spacial score (nSPS) is 13.8. The zero-order chi connectivity index (χ0) is 18.9. The number of hydrogen-bond acceptors (Lipinski definition) is 6. The summed E-state index contributed by atoms with van der Waals surface area (Å²) in [5.74, 6) is 1.83. The van der Waals surface area contributed by atoms with Gasteiger partial charge in [-0.1, -0.05) is 59.4 Å². The van der Waals surface area contributed by atoms with Crippen molar-refractivity contribution in [2.75, 3.05) is 0 Å². The highest BCUT2D eigenvalue weighted by atomic mass is 32.2. The molecule has 0 saturated heterocycles. The molecule has 8 heteroatoms. The number of hydrogen-bond donors (Lipinski definition) is 0. The second-order valence-electron chi connectivity index (χ2n) is 6.55. The second-order valence-corrected chi connectivity index (χ2v) is 7.50. The molecule has 5 rings (SSSR count). The van der Waals surface area contributed by atoms with E-state index in [-0.39, 0.29) is 5.82 Å². The standard InChI is InChI=1S/C20H16FN5OS/c21-16-9-5-4-8-15(16)19-23-24-20(26(19)14-10-11-14)28-12-17-22-18(25-27-17)13-6-2-1-3-7-13/h1-9,14H,10-12H2. The number of nitrogens with zero attached hydrogens (tertiary/aromatic N) is 5. The average Bonchev–Trinajstić information content (AvgIpc) is 3.30. The zero-order valence-electron chi connectivity index (χ0n) is 14.8. The lowest BCUT2D eigenvalue weighted by Gasteiger charge is -2.08. The molecule has 2 aromatic heterocycles. The minimum Gasteiger partial charge on any atom is -0.338 e. The average molecular weight is 393 g/mol. The second kappa shape index (κ2) is 7.20. The molecule has 1 aliphatic rings. The Morgan fingerprint density at radius 1 is 1.04 bits per heavy atom. The molecule has 0 radical (unpaired) electrons. The fourth-order valence-electron chi connectivity index (χ4n) is 3.01. The monoisotopic (exact) mass is 393 g/mol. The van der Waals surface area contributed by atoms with Crippen molar-refractivity contribution < 1.29 is 8.91 Å². The first-order chi connectivity index (χ1) is 13.8. The van der Waals surface area contributed by atoms with Gasteiger partial charge in [0.1, 0.15) is 5.82 Å². The molecule has 1 fully saturated rings. The summed E-state index contributed by atoms with van der Waals surface area (Å²) in [5, 5.41) is 13.3. The number of halogens is 1. The van der Waals surface area contributed by atoms with Crippen LogP contribution in [0, 0.1) is 5.82 Å². The van der Waals surface area contributed by atoms with E-state index in [0.717, 1.165) is 23.6 Å². The SMILES string of the molecule is Fc1ccccc1-c1nnc(SCc2nc(-c3ccccc3)no2)n1C1CC1. The fourth-order valence-corrected chi connectivity index (χ4v) is 3.85. The van der Waals surface area contributed by atoms with Crippen LogP contribution in [0.15, 0.2) is 64.3 Å². The van der Waals surface area contributed by atoms with E-state index in [1.807, 2.05) is 34.9 Å². The molecule has 0 amide bonds. The van der Waals surface area contributed by atoms with Crippen molar-refractivity contribution in [2.24, 2.45) is 0 Å². The minimum absolute atomic E-state index is 0.294. The van der Waals surface area contributed by atoms with Crippen LogP contribution in [0.2, 0.25) is 0 Å². The van der Waals surface area contributed by atoms with Gasteiger partial charge in [-0.3, -0.25) is 4.57 Å². The summed E-state index contributed by atoms with van der Waals surface area (Å²) in [5.41, 5.74) is 1.38. The molecule has 6 nitrogen and oxygen atoms in total. The molecule has 4 aromatic rings. The highest BCUT2D eigenvalue weighted by Gasteiger charge is 2.31. The van der Waals surface area contributed by atoms with Crippen molar-refractivity contribution in [2.45, 2.75) is 29.8 Å². The quantitative estimate of drug-likeness (QED) is 0.440. The molecule has 0 aliphatic heterocycles. The molecule has 140 valence electrons. The third-order valence-corrected chi connectivity index (χ3v) is 5.44. The van der Waals surface area contributed by atoms with E-state index in [9.17, 15) is 4.39 Å². The number of thioether (sulfide) groups is 1. The summed E-state index contributed by atoms with van der Waals surface area (Å²) < 4.78 is 21.6. The van der Waals surface area contributed by atoms with Gasteiger partial charge in [0.2, 0.25) is 11.7 Å². The summed E-state index contributed by atoms with van der Waals surface area (Å²) in [6, 6.07) is 16.7. The Labute approximate surface area is 164 Å². The maximum atomic E-state index is 14.2. The van der Waals surface area contributed by atoms with Crippen LogP contribution in [0.3, 0.4) is 0 Å². The van der Waals surface area contributed by atoms with Gasteiger partial charge in [0.05, 0.1) is 11.3 Å². The Kier molecular flexibility index (Phi) is 4.40. The van der Waals surface area contributed by atoms with Gasteiger partial charge in [-0.2, -0.15) is 4.98 Å². The molecule has 28 heavy (non-hydrogen) atoms. The predicted molar refractivity (Wildman–Crippen MR) is 103 cm³/mol. The third kappa shape index (κ3) is 3.31. The summed E-state index contributed by atoms with van der Waals surface area (Å²) in [6.45, 7) is 0. The van der Waals surface area contributed by atoms with Crippen molar-refractivity contribution in [3.8, 4) is 22.8 Å². The van der Waals surface area contributed by atoms with Crippen LogP contribution in [0.1, 0.15) is 24.8 Å². The Bertz CT molecular complexity index is 1110. The Morgan fingerprint density at radius 3 is 2.61 bits per heavy atom. The van der Waals surface area contributed by atoms with E-state index in [4.69, 9.17) is 4.52 Å². The van der Waals surface area contributed by atoms with E-state index >= 15 is 0 Å². The van der Waals surface area contributed by atoms with Gasteiger partial charge in [0, 0.05) is 11.6 Å². The molecule has 1 aliphatic carbocycles. The molecule has 0 spiro atoms. The third-order valence-electron chi connectivity index (χ3n) is 4.52. The van der Waals surface area contributed by atoms with Crippen molar-refractivity contribution >= 4 is 11.8 Å². The maximum Gasteiger partial charge on any atom is 0.237 e. The smallest absolute Gasteiger partial charge is 0.237 e. The topological polar surface area (TPSA) is 69.6 Å². The van der Waals surface area contributed by atoms with Gasteiger partial charge in [-0.15, -0.1) is 10.2 Å². The summed E-state index contributed by atoms with van der Waals surface area (Å²) in [7, 11) is 0. The van der Waals surface area contributed by atoms with Gasteiger partial charge in [-0.25, -0.2) is 4.39 Å². The van der Waals surface area contributed by atoms with Crippen LogP contribution in [-0.4, -0.2) is 24.9 Å². The van der Waals surface area contributed by atoms with Crippen molar-refractivity contribution in [1.29, 1.82) is 0 Å². The van der Waals surface area contributed by atoms with E-state index in [1.165, 1.54) is 17.8 Å². The van der Waals surface area contributed by atoms with E-state index in [2.05, 4.69) is 20.3 Å². The van der Waals surface area contributed by atoms with Gasteiger partial charge in [-0.05, 0) is 25.0 Å². The van der Waals surface area contributed by atoms with Crippen LogP contribution < -0.4 is 0 Å². The molecule has 2 heterocycles. The molecule has 0 bridgehead atoms. The van der Waals surface area contributed by atoms with Crippen molar-refractivity contribution in [1.82, 2.24) is 24.9 Å². The molecular formula is C20H16FN5OS. The molecular weight excluding hydrogens is 377 g/mol. The lowest BCUT2D eigenvalue weighted by Crippen LogP contribution is -2.01. The van der Waals surface area contributed by atoms with Gasteiger partial charge in [0.25, 0.3) is 0 Å². The summed E-state index contributed by atoms with van der Waals surface area (Å²) in [4.78, 5) is 4.45. The van der Waals surface area contributed by atoms with Crippen LogP contribution in [-0.2, 0) is 5.75 Å². The largest absolute Gasteiger partial charge is 0.338 e. The maximum absolute atomic E-state index is 14.2. The predicted octanol–water partition coefficient (Wildman–Crippen LogP) is 4.76. The van der Waals surface area contributed by atoms with E-state index < -0.39 is 0 Å². The number of benzene rings is 2. The Balaban J connectivity index is 1.38. The Hall–Kier alpha value is -3.00. The van der Waals surface area contributed by atoms with Crippen molar-refractivity contribution in [3.63, 3.8) is 0 Å². The van der Waals surface area contributed by atoms with E-state index in [1.54, 1.807) is 18.2 Å². The molecule has 2 aromatic carbocycles. The number of rotatable bonds is 6. The first-order valence-electron chi connectivity index (χ1n) is 9.00. The summed E-state index contributed by atoms with van der Waals surface area (Å²) >= 11 is 1.47. The lowest BCUT2D eigenvalue weighted by molar-refractivity contribution is 0.391. The van der Waals surface area contributed by atoms with Gasteiger partial charge in [0.15, 0.2) is 11.0 Å². The van der Waals surface area contributed by atoms with Gasteiger partial charge < -0.3 is 4.52 Å². The first kappa shape index (κ1) is 17.1. The molecule has 0 unspecified atom stereocenters. The highest BCUT2D eigenvalue weighted by molar-refractivity contribution is 7.98. The first-order valence-corrected chi connectivity index (χ1v) is 9.99. The minimum atomic E-state index is -0.294. The van der Waals surface area contributed by atoms with Crippen LogP contribution in [0.4, 0.5) is 4.39 Å². The molecule has 1 saturated carbocycles. The number of aromatic nitrogens is 5. The summed E-state index contributed by atoms with van der Waals surface area (Å²) in [6.07, 6.45) is 2.09. The molecule has 0 N–H and O–H groups in total. The Morgan fingerprint density at radius 2 is 1.82 bits per heavy atom. The zero-order valence-corrected chi connectivity index (χ0v) is 15.6. The lowest BCUT2D eigenvalue weighted by atomic mass is 10.2. The van der Waals surface area contributed by atoms with E-state index in [0.29, 0.717) is 34.9 Å². The molecule has 0 atom stereocenters. The van der Waals surface area contributed by atoms with Crippen molar-refractivity contribution in [3.05, 3.63) is 66.3 Å². The highest BCUT2D eigenvalue weighted by Crippen LogP contribution is 2.41.